The van der Waals surface area contributed by atoms with Crippen LogP contribution in [0.25, 0.3) is 0 Å². The fourth-order valence-electron chi connectivity index (χ4n) is 1.57. The monoisotopic (exact) mass is 245 g/mol. The molecule has 5 nitrogen and oxygen atoms in total. The fourth-order valence-corrected chi connectivity index (χ4v) is 1.57. The van der Waals surface area contributed by atoms with Gasteiger partial charge in [-0.2, -0.15) is 0 Å². The minimum absolute atomic E-state index is 0.103. The van der Waals surface area contributed by atoms with Crippen molar-refractivity contribution in [2.45, 2.75) is 12.8 Å². The van der Waals surface area contributed by atoms with Gasteiger partial charge in [-0.05, 0) is 12.1 Å². The van der Waals surface area contributed by atoms with Gasteiger partial charge < -0.3 is 4.74 Å². The maximum Gasteiger partial charge on any atom is 0.142 e. The molecule has 0 saturated carbocycles. The molecular weight excluding hydrogens is 230 g/mol. The standard InChI is InChI=1S/C13H15N3O2/c1-16-10-11(14-15-16)9-12(17)7-8-18-13-5-3-2-4-6-13/h2-6,10H,7-9H2,1H3. The Labute approximate surface area is 105 Å². The number of carbonyl (C=O) groups is 1. The van der Waals surface area contributed by atoms with E-state index in [1.807, 2.05) is 30.3 Å². The minimum Gasteiger partial charge on any atom is -0.493 e. The Bertz CT molecular complexity index is 508. The van der Waals surface area contributed by atoms with E-state index in [2.05, 4.69) is 10.3 Å². The summed E-state index contributed by atoms with van der Waals surface area (Å²) in [5.41, 5.74) is 0.696. The summed E-state index contributed by atoms with van der Waals surface area (Å²) in [5.74, 6) is 0.885. The van der Waals surface area contributed by atoms with E-state index in [0.717, 1.165) is 5.75 Å². The number of carbonyl (C=O) groups excluding carboxylic acids is 1. The Morgan fingerprint density at radius 3 is 2.78 bits per heavy atom. The molecule has 1 aromatic heterocycles. The van der Waals surface area contributed by atoms with Crippen LogP contribution in [0, 0.1) is 0 Å². The van der Waals surface area contributed by atoms with Crippen LogP contribution in [0.3, 0.4) is 0 Å². The number of Topliss-reactive ketones (excluding diaryl/α,β-unsaturated/α-hetero) is 1. The summed E-state index contributed by atoms with van der Waals surface area (Å²) in [4.78, 5) is 11.7. The number of nitrogens with zero attached hydrogens (tertiary/aromatic N) is 3. The third kappa shape index (κ3) is 3.69. The van der Waals surface area contributed by atoms with E-state index in [1.165, 1.54) is 0 Å². The maximum absolute atomic E-state index is 11.7. The molecule has 0 unspecified atom stereocenters. The van der Waals surface area contributed by atoms with Crippen molar-refractivity contribution in [2.75, 3.05) is 6.61 Å². The fraction of sp³-hybridized carbons (Fsp3) is 0.308. The number of aromatic nitrogens is 3. The highest BCUT2D eigenvalue weighted by Gasteiger charge is 2.07. The average molecular weight is 245 g/mol. The number of para-hydroxylation sites is 1. The summed E-state index contributed by atoms with van der Waals surface area (Å²) in [6, 6.07) is 9.46. The second kappa shape index (κ2) is 5.95. The molecule has 0 radical (unpaired) electrons. The molecule has 18 heavy (non-hydrogen) atoms. The van der Waals surface area contributed by atoms with Gasteiger partial charge in [0, 0.05) is 19.7 Å². The van der Waals surface area contributed by atoms with Gasteiger partial charge in [0.05, 0.1) is 18.7 Å². The van der Waals surface area contributed by atoms with Crippen molar-refractivity contribution in [1.82, 2.24) is 15.0 Å². The summed E-state index contributed by atoms with van der Waals surface area (Å²) in [5, 5.41) is 7.65. The number of aryl methyl sites for hydroxylation is 1. The van der Waals surface area contributed by atoms with Gasteiger partial charge >= 0.3 is 0 Å². The quantitative estimate of drug-likeness (QED) is 0.771. The topological polar surface area (TPSA) is 57.0 Å². The molecule has 0 bridgehead atoms. The number of rotatable bonds is 6. The van der Waals surface area contributed by atoms with Crippen LogP contribution < -0.4 is 4.74 Å². The van der Waals surface area contributed by atoms with Gasteiger partial charge in [-0.3, -0.25) is 9.48 Å². The van der Waals surface area contributed by atoms with Crippen LogP contribution in [0.4, 0.5) is 0 Å². The first kappa shape index (κ1) is 12.3. The number of ether oxygens (including phenoxy) is 1. The van der Waals surface area contributed by atoms with Crippen molar-refractivity contribution in [3.8, 4) is 5.75 Å². The third-order valence-corrected chi connectivity index (χ3v) is 2.42. The molecule has 0 aliphatic heterocycles. The molecule has 0 spiro atoms. The van der Waals surface area contributed by atoms with E-state index in [1.54, 1.807) is 17.9 Å². The lowest BCUT2D eigenvalue weighted by atomic mass is 10.2. The van der Waals surface area contributed by atoms with Crippen molar-refractivity contribution in [3.63, 3.8) is 0 Å². The van der Waals surface area contributed by atoms with E-state index in [9.17, 15) is 4.79 Å². The van der Waals surface area contributed by atoms with E-state index >= 15 is 0 Å². The van der Waals surface area contributed by atoms with Gasteiger partial charge in [0.15, 0.2) is 0 Å². The maximum atomic E-state index is 11.7. The van der Waals surface area contributed by atoms with Gasteiger partial charge in [-0.1, -0.05) is 23.4 Å². The lowest BCUT2D eigenvalue weighted by Crippen LogP contribution is -2.09. The van der Waals surface area contributed by atoms with Gasteiger partial charge in [-0.25, -0.2) is 0 Å². The number of benzene rings is 1. The summed E-state index contributed by atoms with van der Waals surface area (Å²) in [6.45, 7) is 0.392. The molecule has 0 N–H and O–H groups in total. The van der Waals surface area contributed by atoms with Crippen molar-refractivity contribution < 1.29 is 9.53 Å². The summed E-state index contributed by atoms with van der Waals surface area (Å²) < 4.78 is 7.04. The second-order valence-corrected chi connectivity index (χ2v) is 4.01. The van der Waals surface area contributed by atoms with E-state index in [4.69, 9.17) is 4.74 Å². The zero-order chi connectivity index (χ0) is 12.8. The SMILES string of the molecule is Cn1cc(CC(=O)CCOc2ccccc2)nn1. The predicted molar refractivity (Wildman–Crippen MR) is 66.3 cm³/mol. The Morgan fingerprint density at radius 2 is 2.11 bits per heavy atom. The van der Waals surface area contributed by atoms with Crippen LogP contribution in [-0.2, 0) is 18.3 Å². The molecule has 0 atom stereocenters. The first-order valence-electron chi connectivity index (χ1n) is 5.79. The highest BCUT2D eigenvalue weighted by atomic mass is 16.5. The Hall–Kier alpha value is -2.17. The largest absolute Gasteiger partial charge is 0.493 e. The smallest absolute Gasteiger partial charge is 0.142 e. The Kier molecular flexibility index (Phi) is 4.06. The molecule has 0 aliphatic rings. The first-order valence-corrected chi connectivity index (χ1v) is 5.79. The second-order valence-electron chi connectivity index (χ2n) is 4.01. The number of hydrogen-bond donors (Lipinski definition) is 0. The van der Waals surface area contributed by atoms with Gasteiger partial charge in [0.25, 0.3) is 0 Å². The number of hydrogen-bond acceptors (Lipinski definition) is 4. The zero-order valence-electron chi connectivity index (χ0n) is 10.2. The Morgan fingerprint density at radius 1 is 1.33 bits per heavy atom. The molecule has 0 fully saturated rings. The van der Waals surface area contributed by atoms with Crippen molar-refractivity contribution >= 4 is 5.78 Å². The minimum atomic E-state index is 0.103. The van der Waals surface area contributed by atoms with Crippen molar-refractivity contribution in [3.05, 3.63) is 42.2 Å². The van der Waals surface area contributed by atoms with Crippen LogP contribution in [0.2, 0.25) is 0 Å². The Balaban J connectivity index is 1.72. The molecule has 0 saturated heterocycles. The lowest BCUT2D eigenvalue weighted by molar-refractivity contribution is -0.118. The van der Waals surface area contributed by atoms with Crippen LogP contribution in [-0.4, -0.2) is 27.4 Å². The van der Waals surface area contributed by atoms with Crippen LogP contribution in [0.1, 0.15) is 12.1 Å². The number of ketones is 1. The molecule has 5 heteroatoms. The van der Waals surface area contributed by atoms with Gasteiger partial charge in [0.1, 0.15) is 11.5 Å². The molecule has 2 aromatic rings. The molecule has 94 valence electrons. The van der Waals surface area contributed by atoms with Crippen molar-refractivity contribution in [2.24, 2.45) is 7.05 Å². The summed E-state index contributed by atoms with van der Waals surface area (Å²) >= 11 is 0. The normalized spacial score (nSPS) is 10.3. The van der Waals surface area contributed by atoms with E-state index < -0.39 is 0 Å². The average Bonchev–Trinajstić information content (AvgIpc) is 2.76. The highest BCUT2D eigenvalue weighted by Crippen LogP contribution is 2.08. The van der Waals surface area contributed by atoms with Crippen LogP contribution in [0.15, 0.2) is 36.5 Å². The molecule has 0 aliphatic carbocycles. The molecule has 2 rings (SSSR count). The van der Waals surface area contributed by atoms with Crippen LogP contribution >= 0.6 is 0 Å². The molecule has 1 heterocycles. The van der Waals surface area contributed by atoms with E-state index in [-0.39, 0.29) is 5.78 Å². The summed E-state index contributed by atoms with van der Waals surface area (Å²) in [6.07, 6.45) is 2.44. The van der Waals surface area contributed by atoms with Crippen molar-refractivity contribution in [1.29, 1.82) is 0 Å². The van der Waals surface area contributed by atoms with Gasteiger partial charge in [-0.15, -0.1) is 5.10 Å². The molecule has 1 aromatic carbocycles. The van der Waals surface area contributed by atoms with Crippen LogP contribution in [0.5, 0.6) is 5.75 Å². The lowest BCUT2D eigenvalue weighted by Gasteiger charge is -2.04. The summed E-state index contributed by atoms with van der Waals surface area (Å²) in [7, 11) is 1.78. The third-order valence-electron chi connectivity index (χ3n) is 2.42. The zero-order valence-corrected chi connectivity index (χ0v) is 10.2. The van der Waals surface area contributed by atoms with Gasteiger partial charge in [0.2, 0.25) is 0 Å². The van der Waals surface area contributed by atoms with E-state index in [0.29, 0.717) is 25.1 Å². The predicted octanol–water partition coefficient (Wildman–Crippen LogP) is 1.40. The first-order chi connectivity index (χ1) is 8.74. The highest BCUT2D eigenvalue weighted by molar-refractivity contribution is 5.80. The molecular formula is C13H15N3O2. The molecule has 0 amide bonds.